The lowest BCUT2D eigenvalue weighted by Crippen LogP contribution is -2.59. The predicted octanol–water partition coefficient (Wildman–Crippen LogP) is 5.22. The second kappa shape index (κ2) is 13.2. The number of hydrogen-bond donors (Lipinski definition) is 3. The number of nitrogens with two attached hydrogens (primary N) is 2. The second-order valence-electron chi connectivity index (χ2n) is 11.5. The zero-order chi connectivity index (χ0) is 29.5. The summed E-state index contributed by atoms with van der Waals surface area (Å²) in [5, 5.41) is 11.7. The van der Waals surface area contributed by atoms with Crippen molar-refractivity contribution in [2.45, 2.75) is 64.8 Å². The van der Waals surface area contributed by atoms with E-state index in [-0.39, 0.29) is 6.42 Å². The van der Waals surface area contributed by atoms with Gasteiger partial charge in [-0.05, 0) is 81.4 Å². The smallest absolute Gasteiger partial charge is 0.309 e. The van der Waals surface area contributed by atoms with E-state index in [0.29, 0.717) is 12.0 Å². The molecule has 0 aliphatic rings. The number of rotatable bonds is 11. The summed E-state index contributed by atoms with van der Waals surface area (Å²) in [6.45, 7) is 9.33. The van der Waals surface area contributed by atoms with Gasteiger partial charge in [0.25, 0.3) is 0 Å². The minimum Gasteiger partial charge on any atom is -0.460 e. The summed E-state index contributed by atoms with van der Waals surface area (Å²) in [7, 11) is 0. The summed E-state index contributed by atoms with van der Waals surface area (Å²) in [5.74, 6) is -2.82. The van der Waals surface area contributed by atoms with Crippen LogP contribution in [0.2, 0.25) is 0 Å². The lowest BCUT2D eigenvalue weighted by atomic mass is 9.77. The fourth-order valence-corrected chi connectivity index (χ4v) is 4.98. The first-order chi connectivity index (χ1) is 18.8. The molecule has 0 spiro atoms. The minimum absolute atomic E-state index is 0.0551. The van der Waals surface area contributed by atoms with Crippen LogP contribution in [-0.4, -0.2) is 28.6 Å². The highest BCUT2D eigenvalue weighted by atomic mass is 16.6. The fraction of sp³-hybridized carbons (Fsp3) is 0.353. The molecule has 0 saturated carbocycles. The molecule has 0 aromatic heterocycles. The molecule has 0 heterocycles. The maximum Gasteiger partial charge on any atom is 0.309 e. The van der Waals surface area contributed by atoms with Crippen molar-refractivity contribution in [3.63, 3.8) is 0 Å². The number of ketones is 1. The van der Waals surface area contributed by atoms with Gasteiger partial charge in [-0.3, -0.25) is 9.59 Å². The van der Waals surface area contributed by atoms with E-state index in [2.05, 4.69) is 0 Å². The maximum absolute atomic E-state index is 13.8. The zero-order valence-corrected chi connectivity index (χ0v) is 24.1. The van der Waals surface area contributed by atoms with Crippen LogP contribution >= 0.6 is 0 Å². The Morgan fingerprint density at radius 3 is 1.98 bits per heavy atom. The highest BCUT2D eigenvalue weighted by molar-refractivity contribution is 5.97. The highest BCUT2D eigenvalue weighted by Crippen LogP contribution is 2.31. The van der Waals surface area contributed by atoms with Gasteiger partial charge >= 0.3 is 5.97 Å². The standard InChI is InChI=1S/C34H42N2O4/c1-23-13-12-14-24(2)28(23)19-20-29(37)31(34(35,36)27-17-10-7-11-18-27)30(38)22-26(32(39)40-33(3,4)5)21-25-15-8-6-9-16-25/h6-20,26,30-31,38H,21-22,35-36H2,1-5H3/b20-19+/t26-,30-,31+/m0/s1. The van der Waals surface area contributed by atoms with Crippen molar-refractivity contribution in [2.75, 3.05) is 0 Å². The summed E-state index contributed by atoms with van der Waals surface area (Å²) in [6.07, 6.45) is 2.12. The van der Waals surface area contributed by atoms with Crippen LogP contribution in [0.4, 0.5) is 0 Å². The summed E-state index contributed by atoms with van der Waals surface area (Å²) in [5.41, 5.74) is 15.3. The van der Waals surface area contributed by atoms with Crippen LogP contribution in [0, 0.1) is 25.7 Å². The Kier molecular flexibility index (Phi) is 10.2. The summed E-state index contributed by atoms with van der Waals surface area (Å²) in [4.78, 5) is 27.1. The molecule has 0 aliphatic heterocycles. The molecule has 3 atom stereocenters. The normalized spacial score (nSPS) is 14.5. The predicted molar refractivity (Wildman–Crippen MR) is 160 cm³/mol. The van der Waals surface area contributed by atoms with Crippen molar-refractivity contribution in [3.8, 4) is 0 Å². The molecule has 0 bridgehead atoms. The van der Waals surface area contributed by atoms with Gasteiger partial charge in [0.05, 0.1) is 17.9 Å². The van der Waals surface area contributed by atoms with Crippen molar-refractivity contribution >= 4 is 17.8 Å². The monoisotopic (exact) mass is 542 g/mol. The summed E-state index contributed by atoms with van der Waals surface area (Å²) in [6, 6.07) is 24.3. The van der Waals surface area contributed by atoms with Gasteiger partial charge < -0.3 is 21.3 Å². The summed E-state index contributed by atoms with van der Waals surface area (Å²) < 4.78 is 5.70. The number of aliphatic hydroxyl groups is 1. The molecule has 0 saturated heterocycles. The van der Waals surface area contributed by atoms with Gasteiger partial charge in [-0.25, -0.2) is 0 Å². The molecule has 0 aliphatic carbocycles. The molecule has 5 N–H and O–H groups in total. The Labute approximate surface area is 238 Å². The molecule has 3 aromatic carbocycles. The molecule has 212 valence electrons. The maximum atomic E-state index is 13.8. The van der Waals surface area contributed by atoms with Gasteiger partial charge in [-0.2, -0.15) is 0 Å². The molecule has 3 aromatic rings. The van der Waals surface area contributed by atoms with Gasteiger partial charge in [0, 0.05) is 0 Å². The molecule has 0 amide bonds. The second-order valence-corrected chi connectivity index (χ2v) is 11.5. The van der Waals surface area contributed by atoms with E-state index in [9.17, 15) is 14.7 Å². The molecular weight excluding hydrogens is 500 g/mol. The Hall–Kier alpha value is -3.58. The van der Waals surface area contributed by atoms with Crippen LogP contribution in [-0.2, 0) is 26.4 Å². The number of benzene rings is 3. The highest BCUT2D eigenvalue weighted by Gasteiger charge is 2.43. The molecule has 6 nitrogen and oxygen atoms in total. The van der Waals surface area contributed by atoms with Gasteiger partial charge in [-0.1, -0.05) is 84.9 Å². The first-order valence-corrected chi connectivity index (χ1v) is 13.7. The van der Waals surface area contributed by atoms with Gasteiger partial charge in [-0.15, -0.1) is 0 Å². The number of esters is 1. The van der Waals surface area contributed by atoms with E-state index < -0.39 is 41.0 Å². The first kappa shape index (κ1) is 31.0. The molecule has 40 heavy (non-hydrogen) atoms. The molecule has 0 radical (unpaired) electrons. The third kappa shape index (κ3) is 8.21. The van der Waals surface area contributed by atoms with Gasteiger partial charge in [0.1, 0.15) is 11.3 Å². The third-order valence-electron chi connectivity index (χ3n) is 7.03. The van der Waals surface area contributed by atoms with E-state index in [1.165, 1.54) is 6.08 Å². The van der Waals surface area contributed by atoms with Crippen LogP contribution < -0.4 is 11.5 Å². The van der Waals surface area contributed by atoms with Crippen LogP contribution in [0.5, 0.6) is 0 Å². The van der Waals surface area contributed by atoms with Crippen molar-refractivity contribution < 1.29 is 19.4 Å². The average molecular weight is 543 g/mol. The van der Waals surface area contributed by atoms with Crippen LogP contribution in [0.25, 0.3) is 6.08 Å². The number of aryl methyl sites for hydroxylation is 2. The first-order valence-electron chi connectivity index (χ1n) is 13.7. The number of ether oxygens (including phenoxy) is 1. The Morgan fingerprint density at radius 2 is 1.43 bits per heavy atom. The van der Waals surface area contributed by atoms with E-state index >= 15 is 0 Å². The van der Waals surface area contributed by atoms with Crippen molar-refractivity contribution in [3.05, 3.63) is 113 Å². The average Bonchev–Trinajstić information content (AvgIpc) is 2.88. The fourth-order valence-electron chi connectivity index (χ4n) is 4.98. The Bertz CT molecular complexity index is 1290. The number of allylic oxidation sites excluding steroid dienone is 1. The number of carbonyl (C=O) groups excluding carboxylic acids is 2. The van der Waals surface area contributed by atoms with E-state index in [4.69, 9.17) is 16.2 Å². The molecule has 6 heteroatoms. The summed E-state index contributed by atoms with van der Waals surface area (Å²) >= 11 is 0. The van der Waals surface area contributed by atoms with Crippen molar-refractivity contribution in [1.29, 1.82) is 0 Å². The quantitative estimate of drug-likeness (QED) is 0.174. The SMILES string of the molecule is Cc1cccc(C)c1/C=C/C(=O)[C@H]([C@@H](O)C[C@H](Cc1ccccc1)C(=O)OC(C)(C)C)C(N)(N)c1ccccc1. The number of aliphatic hydroxyl groups excluding tert-OH is 1. The largest absolute Gasteiger partial charge is 0.460 e. The van der Waals surface area contributed by atoms with E-state index in [1.807, 2.05) is 68.4 Å². The Balaban J connectivity index is 1.99. The zero-order valence-electron chi connectivity index (χ0n) is 24.1. The van der Waals surface area contributed by atoms with E-state index in [1.54, 1.807) is 51.1 Å². The third-order valence-corrected chi connectivity index (χ3v) is 7.03. The molecule has 3 rings (SSSR count). The number of carbonyl (C=O) groups is 2. The minimum atomic E-state index is -1.70. The topological polar surface area (TPSA) is 116 Å². The molecular formula is C34H42N2O4. The lowest BCUT2D eigenvalue weighted by Gasteiger charge is -2.37. The van der Waals surface area contributed by atoms with Crippen LogP contribution in [0.15, 0.2) is 84.9 Å². The molecule has 0 unspecified atom stereocenters. The van der Waals surface area contributed by atoms with Gasteiger partial charge in [0.15, 0.2) is 5.78 Å². The molecule has 0 fully saturated rings. The van der Waals surface area contributed by atoms with Crippen LogP contribution in [0.3, 0.4) is 0 Å². The Morgan fingerprint density at radius 1 is 0.875 bits per heavy atom. The van der Waals surface area contributed by atoms with Gasteiger partial charge in [0.2, 0.25) is 0 Å². The van der Waals surface area contributed by atoms with Crippen molar-refractivity contribution in [1.82, 2.24) is 0 Å². The van der Waals surface area contributed by atoms with E-state index in [0.717, 1.165) is 22.3 Å². The van der Waals surface area contributed by atoms with Crippen molar-refractivity contribution in [2.24, 2.45) is 23.3 Å². The van der Waals surface area contributed by atoms with Crippen LogP contribution in [0.1, 0.15) is 55.0 Å². The lowest BCUT2D eigenvalue weighted by molar-refractivity contribution is -0.162. The number of hydrogen-bond acceptors (Lipinski definition) is 6.